The van der Waals surface area contributed by atoms with Crippen molar-refractivity contribution in [2.45, 2.75) is 64.7 Å². The summed E-state index contributed by atoms with van der Waals surface area (Å²) in [6.45, 7) is 2.38. The Bertz CT molecular complexity index is 480. The Morgan fingerprint density at radius 2 is 1.41 bits per heavy atom. The fourth-order valence-electron chi connectivity index (χ4n) is 4.62. The first-order valence-corrected chi connectivity index (χ1v) is 9.05. The highest BCUT2D eigenvalue weighted by Crippen LogP contribution is 2.41. The van der Waals surface area contributed by atoms with E-state index in [9.17, 15) is 8.78 Å². The monoisotopic (exact) mass is 306 g/mol. The summed E-state index contributed by atoms with van der Waals surface area (Å²) in [5.74, 6) is 2.03. The lowest BCUT2D eigenvalue weighted by atomic mass is 9.69. The van der Waals surface area contributed by atoms with Crippen LogP contribution in [-0.4, -0.2) is 0 Å². The van der Waals surface area contributed by atoms with Gasteiger partial charge in [-0.3, -0.25) is 0 Å². The summed E-state index contributed by atoms with van der Waals surface area (Å²) in [5, 5.41) is 0. The molecule has 122 valence electrons. The Hall–Kier alpha value is -0.920. The van der Waals surface area contributed by atoms with E-state index in [1.54, 1.807) is 6.07 Å². The van der Waals surface area contributed by atoms with Gasteiger partial charge in [0.25, 0.3) is 0 Å². The normalized spacial score (nSPS) is 32.9. The minimum atomic E-state index is -0.737. The van der Waals surface area contributed by atoms with Crippen LogP contribution in [0.1, 0.15) is 63.9 Å². The highest BCUT2D eigenvalue weighted by molar-refractivity contribution is 5.18. The van der Waals surface area contributed by atoms with Gasteiger partial charge in [0, 0.05) is 0 Å². The third-order valence-corrected chi connectivity index (χ3v) is 6.13. The zero-order valence-electron chi connectivity index (χ0n) is 13.7. The van der Waals surface area contributed by atoms with E-state index >= 15 is 0 Å². The average molecular weight is 306 g/mol. The second-order valence-corrected chi connectivity index (χ2v) is 7.75. The largest absolute Gasteiger partial charge is 0.204 e. The molecular formula is C20H28F2. The molecule has 0 unspecified atom stereocenters. The molecule has 0 spiro atoms. The number of hydrogen-bond acceptors (Lipinski definition) is 0. The van der Waals surface area contributed by atoms with Crippen molar-refractivity contribution in [3.8, 4) is 0 Å². The molecule has 1 aromatic rings. The van der Waals surface area contributed by atoms with Gasteiger partial charge in [0.05, 0.1) is 0 Å². The third-order valence-electron chi connectivity index (χ3n) is 6.13. The van der Waals surface area contributed by atoms with E-state index in [-0.39, 0.29) is 0 Å². The van der Waals surface area contributed by atoms with Crippen LogP contribution in [0, 0.1) is 35.3 Å². The Morgan fingerprint density at radius 1 is 0.818 bits per heavy atom. The Labute approximate surface area is 133 Å². The molecule has 0 aromatic heterocycles. The fourth-order valence-corrected chi connectivity index (χ4v) is 4.62. The van der Waals surface area contributed by atoms with Crippen molar-refractivity contribution < 1.29 is 8.78 Å². The lowest BCUT2D eigenvalue weighted by Crippen LogP contribution is -2.25. The molecule has 0 heterocycles. The summed E-state index contributed by atoms with van der Waals surface area (Å²) in [7, 11) is 0. The molecule has 0 radical (unpaired) electrons. The Morgan fingerprint density at radius 3 is 2.00 bits per heavy atom. The van der Waals surface area contributed by atoms with Crippen LogP contribution in [0.3, 0.4) is 0 Å². The second kappa shape index (κ2) is 7.10. The van der Waals surface area contributed by atoms with Gasteiger partial charge in [-0.2, -0.15) is 0 Å². The van der Waals surface area contributed by atoms with Crippen LogP contribution in [0.5, 0.6) is 0 Å². The van der Waals surface area contributed by atoms with Gasteiger partial charge in [0.2, 0.25) is 0 Å². The van der Waals surface area contributed by atoms with Crippen LogP contribution >= 0.6 is 0 Å². The number of benzene rings is 1. The maximum absolute atomic E-state index is 13.3. The van der Waals surface area contributed by atoms with Crippen molar-refractivity contribution in [1.29, 1.82) is 0 Å². The van der Waals surface area contributed by atoms with E-state index in [0.29, 0.717) is 5.92 Å². The molecule has 2 fully saturated rings. The van der Waals surface area contributed by atoms with Gasteiger partial charge in [-0.05, 0) is 86.3 Å². The van der Waals surface area contributed by atoms with Crippen LogP contribution in [0.15, 0.2) is 18.2 Å². The van der Waals surface area contributed by atoms with E-state index < -0.39 is 11.6 Å². The number of rotatable bonds is 3. The lowest BCUT2D eigenvalue weighted by Gasteiger charge is -2.37. The van der Waals surface area contributed by atoms with Crippen molar-refractivity contribution in [3.63, 3.8) is 0 Å². The van der Waals surface area contributed by atoms with Crippen molar-refractivity contribution in [2.75, 3.05) is 0 Å². The van der Waals surface area contributed by atoms with Gasteiger partial charge < -0.3 is 0 Å². The van der Waals surface area contributed by atoms with Gasteiger partial charge >= 0.3 is 0 Å². The molecular weight excluding hydrogens is 278 g/mol. The predicted octanol–water partition coefficient (Wildman–Crippen LogP) is 6.14. The molecule has 0 saturated heterocycles. The zero-order valence-corrected chi connectivity index (χ0v) is 13.7. The van der Waals surface area contributed by atoms with E-state index in [1.807, 2.05) is 0 Å². The molecule has 0 amide bonds. The van der Waals surface area contributed by atoms with Gasteiger partial charge in [0.15, 0.2) is 11.6 Å². The summed E-state index contributed by atoms with van der Waals surface area (Å²) in [4.78, 5) is 0. The second-order valence-electron chi connectivity index (χ2n) is 7.75. The molecule has 2 aliphatic carbocycles. The summed E-state index contributed by atoms with van der Waals surface area (Å²) in [5.41, 5.74) is 0.953. The first-order chi connectivity index (χ1) is 10.6. The zero-order chi connectivity index (χ0) is 15.5. The molecule has 0 nitrogen and oxygen atoms in total. The molecule has 2 saturated carbocycles. The van der Waals surface area contributed by atoms with E-state index in [1.165, 1.54) is 63.5 Å². The SMILES string of the molecule is CC1CCC(C2CCC(Cc3ccc(F)c(F)c3)CC2)CC1. The van der Waals surface area contributed by atoms with Crippen LogP contribution in [0.4, 0.5) is 8.78 Å². The quantitative estimate of drug-likeness (QED) is 0.629. The molecule has 2 aliphatic rings. The summed E-state index contributed by atoms with van der Waals surface area (Å²) in [6.07, 6.45) is 11.8. The lowest BCUT2D eigenvalue weighted by molar-refractivity contribution is 0.150. The molecule has 0 N–H and O–H groups in total. The predicted molar refractivity (Wildman–Crippen MR) is 86.6 cm³/mol. The van der Waals surface area contributed by atoms with Crippen molar-refractivity contribution in [2.24, 2.45) is 23.7 Å². The fraction of sp³-hybridized carbons (Fsp3) is 0.700. The Balaban J connectivity index is 1.48. The van der Waals surface area contributed by atoms with E-state index in [4.69, 9.17) is 0 Å². The van der Waals surface area contributed by atoms with Gasteiger partial charge in [-0.25, -0.2) is 8.78 Å². The third kappa shape index (κ3) is 3.88. The van der Waals surface area contributed by atoms with Crippen molar-refractivity contribution in [3.05, 3.63) is 35.4 Å². The molecule has 3 rings (SSSR count). The standard InChI is InChI=1S/C20H28F2/c1-14-2-7-17(8-3-14)18-9-4-15(5-10-18)12-16-6-11-19(21)20(22)13-16/h6,11,13-15,17-18H,2-5,7-10,12H2,1H3. The van der Waals surface area contributed by atoms with Crippen LogP contribution in [0.25, 0.3) is 0 Å². The summed E-state index contributed by atoms with van der Waals surface area (Å²) >= 11 is 0. The number of halogens is 2. The molecule has 22 heavy (non-hydrogen) atoms. The van der Waals surface area contributed by atoms with Crippen molar-refractivity contribution in [1.82, 2.24) is 0 Å². The molecule has 0 bridgehead atoms. The minimum Gasteiger partial charge on any atom is -0.204 e. The van der Waals surface area contributed by atoms with Crippen molar-refractivity contribution >= 4 is 0 Å². The summed E-state index contributed by atoms with van der Waals surface area (Å²) < 4.78 is 26.3. The average Bonchev–Trinajstić information content (AvgIpc) is 2.53. The van der Waals surface area contributed by atoms with Gasteiger partial charge in [0.1, 0.15) is 0 Å². The smallest absolute Gasteiger partial charge is 0.159 e. The van der Waals surface area contributed by atoms with E-state index in [2.05, 4.69) is 6.92 Å². The molecule has 0 aliphatic heterocycles. The van der Waals surface area contributed by atoms with Gasteiger partial charge in [-0.1, -0.05) is 25.8 Å². The maximum Gasteiger partial charge on any atom is 0.159 e. The molecule has 0 atom stereocenters. The highest BCUT2D eigenvalue weighted by Gasteiger charge is 2.29. The molecule has 2 heteroatoms. The van der Waals surface area contributed by atoms with E-state index in [0.717, 1.165) is 29.7 Å². The number of hydrogen-bond donors (Lipinski definition) is 0. The van der Waals surface area contributed by atoms with Crippen LogP contribution in [-0.2, 0) is 6.42 Å². The minimum absolute atomic E-state index is 0.656. The first-order valence-electron chi connectivity index (χ1n) is 9.05. The topological polar surface area (TPSA) is 0 Å². The maximum atomic E-state index is 13.3. The Kier molecular flexibility index (Phi) is 5.15. The first kappa shape index (κ1) is 16.0. The molecule has 1 aromatic carbocycles. The highest BCUT2D eigenvalue weighted by atomic mass is 19.2. The summed E-state index contributed by atoms with van der Waals surface area (Å²) in [6, 6.07) is 4.39. The van der Waals surface area contributed by atoms with Gasteiger partial charge in [-0.15, -0.1) is 0 Å². The van der Waals surface area contributed by atoms with Crippen LogP contribution < -0.4 is 0 Å². The van der Waals surface area contributed by atoms with Crippen LogP contribution in [0.2, 0.25) is 0 Å².